The van der Waals surface area contributed by atoms with E-state index >= 15 is 0 Å². The SMILES string of the molecule is c1ccc(-c2nc(-c3ccc4ccccc4c3)nc(-c3c(-c4cc5ccccc5c5ccccc45)ccc4oc5ccccc5c34)n2)cc1. The van der Waals surface area contributed by atoms with E-state index in [2.05, 4.69) is 133 Å². The van der Waals surface area contributed by atoms with Crippen LogP contribution in [0.5, 0.6) is 0 Å². The first kappa shape index (κ1) is 27.5. The highest BCUT2D eigenvalue weighted by molar-refractivity contribution is 6.19. The summed E-state index contributed by atoms with van der Waals surface area (Å²) in [7, 11) is 0. The van der Waals surface area contributed by atoms with Gasteiger partial charge < -0.3 is 4.42 Å². The molecule has 4 nitrogen and oxygen atoms in total. The Morgan fingerprint density at radius 3 is 1.82 bits per heavy atom. The monoisotopic (exact) mass is 625 g/mol. The molecule has 2 heterocycles. The molecule has 0 spiro atoms. The third-order valence-corrected chi connectivity index (χ3v) is 9.50. The van der Waals surface area contributed by atoms with Crippen molar-refractivity contribution in [3.63, 3.8) is 0 Å². The van der Waals surface area contributed by atoms with Crippen LogP contribution in [0.2, 0.25) is 0 Å². The maximum atomic E-state index is 6.47. The fraction of sp³-hybridized carbons (Fsp3) is 0. The number of hydrogen-bond donors (Lipinski definition) is 0. The molecule has 10 rings (SSSR count). The lowest BCUT2D eigenvalue weighted by Gasteiger charge is -2.16. The highest BCUT2D eigenvalue weighted by Gasteiger charge is 2.23. The van der Waals surface area contributed by atoms with E-state index in [4.69, 9.17) is 19.4 Å². The van der Waals surface area contributed by atoms with Crippen molar-refractivity contribution in [1.29, 1.82) is 0 Å². The molecule has 0 saturated carbocycles. The van der Waals surface area contributed by atoms with E-state index in [-0.39, 0.29) is 0 Å². The number of aromatic nitrogens is 3. The molecule has 0 aliphatic rings. The van der Waals surface area contributed by atoms with Crippen molar-refractivity contribution in [2.24, 2.45) is 0 Å². The summed E-state index contributed by atoms with van der Waals surface area (Å²) in [4.78, 5) is 15.7. The van der Waals surface area contributed by atoms with Crippen molar-refractivity contribution < 1.29 is 4.42 Å². The molecule has 0 unspecified atom stereocenters. The van der Waals surface area contributed by atoms with Crippen LogP contribution in [0.4, 0.5) is 0 Å². The van der Waals surface area contributed by atoms with Gasteiger partial charge in [0.25, 0.3) is 0 Å². The normalized spacial score (nSPS) is 11.7. The topological polar surface area (TPSA) is 51.8 Å². The largest absolute Gasteiger partial charge is 0.456 e. The average Bonchev–Trinajstić information content (AvgIpc) is 3.56. The zero-order valence-electron chi connectivity index (χ0n) is 26.3. The van der Waals surface area contributed by atoms with E-state index < -0.39 is 0 Å². The van der Waals surface area contributed by atoms with Gasteiger partial charge in [0, 0.05) is 27.5 Å². The van der Waals surface area contributed by atoms with Crippen molar-refractivity contribution in [2.75, 3.05) is 0 Å². The lowest BCUT2D eigenvalue weighted by atomic mass is 9.89. The van der Waals surface area contributed by atoms with Crippen molar-refractivity contribution in [3.05, 3.63) is 164 Å². The van der Waals surface area contributed by atoms with E-state index in [1.807, 2.05) is 30.3 Å². The molecule has 0 amide bonds. The highest BCUT2D eigenvalue weighted by atomic mass is 16.3. The molecule has 10 aromatic rings. The van der Waals surface area contributed by atoms with Gasteiger partial charge >= 0.3 is 0 Å². The zero-order chi connectivity index (χ0) is 32.3. The summed E-state index contributed by atoms with van der Waals surface area (Å²) in [5.74, 6) is 1.84. The number of fused-ring (bicyclic) bond motifs is 7. The molecule has 0 saturated heterocycles. The van der Waals surface area contributed by atoms with Gasteiger partial charge in [-0.05, 0) is 73.8 Å². The minimum atomic E-state index is 0.599. The Bertz CT molecular complexity index is 2890. The molecule has 0 fully saturated rings. The molecule has 0 bridgehead atoms. The Kier molecular flexibility index (Phi) is 6.15. The minimum absolute atomic E-state index is 0.599. The summed E-state index contributed by atoms with van der Waals surface area (Å²) in [6, 6.07) is 56.9. The summed E-state index contributed by atoms with van der Waals surface area (Å²) in [6.45, 7) is 0. The molecular weight excluding hydrogens is 599 g/mol. The number of para-hydroxylation sites is 1. The second-order valence-corrected chi connectivity index (χ2v) is 12.4. The lowest BCUT2D eigenvalue weighted by Crippen LogP contribution is -2.01. The van der Waals surface area contributed by atoms with Gasteiger partial charge in [-0.1, -0.05) is 133 Å². The summed E-state index contributed by atoms with van der Waals surface area (Å²) in [5, 5.41) is 9.09. The molecule has 0 aliphatic carbocycles. The van der Waals surface area contributed by atoms with Crippen LogP contribution in [-0.4, -0.2) is 15.0 Å². The number of benzene rings is 8. The van der Waals surface area contributed by atoms with Gasteiger partial charge in [-0.3, -0.25) is 0 Å². The standard InChI is InChI=1S/C45H27N3O/c1-2-13-29(14-3-1)43-46-44(32-23-22-28-12-4-5-15-30(28)26-32)48-45(47-43)42-36(24-25-40-41(42)37-20-10-11-21-39(37)49-40)38-27-31-16-6-7-17-33(31)34-18-8-9-19-35(34)38/h1-27H. The van der Waals surface area contributed by atoms with Crippen molar-refractivity contribution in [2.45, 2.75) is 0 Å². The summed E-state index contributed by atoms with van der Waals surface area (Å²) in [6.07, 6.45) is 0. The number of furan rings is 1. The number of rotatable bonds is 4. The molecular formula is C45H27N3O. The molecule has 8 aromatic carbocycles. The van der Waals surface area contributed by atoms with E-state index in [1.165, 1.54) is 26.9 Å². The molecule has 0 radical (unpaired) electrons. The van der Waals surface area contributed by atoms with Crippen LogP contribution >= 0.6 is 0 Å². The minimum Gasteiger partial charge on any atom is -0.456 e. The number of nitrogens with zero attached hydrogens (tertiary/aromatic N) is 3. The third-order valence-electron chi connectivity index (χ3n) is 9.50. The van der Waals surface area contributed by atoms with E-state index in [9.17, 15) is 0 Å². The number of hydrogen-bond acceptors (Lipinski definition) is 4. The first-order valence-corrected chi connectivity index (χ1v) is 16.4. The maximum absolute atomic E-state index is 6.47. The van der Waals surface area contributed by atoms with Gasteiger partial charge in [0.2, 0.25) is 0 Å². The molecule has 0 atom stereocenters. The molecule has 2 aromatic heterocycles. The lowest BCUT2D eigenvalue weighted by molar-refractivity contribution is 0.669. The Labute approximate surface area is 282 Å². The second kappa shape index (κ2) is 11.0. The predicted octanol–water partition coefficient (Wildman–Crippen LogP) is 11.9. The molecule has 4 heteroatoms. The highest BCUT2D eigenvalue weighted by Crippen LogP contribution is 2.45. The van der Waals surface area contributed by atoms with Crippen molar-refractivity contribution in [3.8, 4) is 45.3 Å². The predicted molar refractivity (Wildman–Crippen MR) is 201 cm³/mol. The Morgan fingerprint density at radius 2 is 0.980 bits per heavy atom. The van der Waals surface area contributed by atoms with Crippen molar-refractivity contribution >= 4 is 54.3 Å². The van der Waals surface area contributed by atoms with Crippen LogP contribution < -0.4 is 0 Å². The van der Waals surface area contributed by atoms with Gasteiger partial charge in [0.1, 0.15) is 11.2 Å². The van der Waals surface area contributed by atoms with Gasteiger partial charge in [-0.15, -0.1) is 0 Å². The van der Waals surface area contributed by atoms with Gasteiger partial charge in [0.15, 0.2) is 17.5 Å². The Morgan fingerprint density at radius 1 is 0.347 bits per heavy atom. The summed E-state index contributed by atoms with van der Waals surface area (Å²) in [5.41, 5.74) is 6.55. The zero-order valence-corrected chi connectivity index (χ0v) is 26.3. The van der Waals surface area contributed by atoms with Crippen LogP contribution in [0.3, 0.4) is 0 Å². The molecule has 0 aliphatic heterocycles. The Hall–Kier alpha value is -6.65. The van der Waals surface area contributed by atoms with Gasteiger partial charge in [-0.2, -0.15) is 0 Å². The first-order chi connectivity index (χ1) is 24.3. The van der Waals surface area contributed by atoms with Crippen molar-refractivity contribution in [1.82, 2.24) is 15.0 Å². The fourth-order valence-electron chi connectivity index (χ4n) is 7.21. The first-order valence-electron chi connectivity index (χ1n) is 16.4. The maximum Gasteiger partial charge on any atom is 0.165 e. The van der Waals surface area contributed by atoms with Gasteiger partial charge in [0.05, 0.1) is 0 Å². The van der Waals surface area contributed by atoms with Crippen LogP contribution in [0, 0.1) is 0 Å². The Balaban J connectivity index is 1.34. The van der Waals surface area contributed by atoms with Gasteiger partial charge in [-0.25, -0.2) is 15.0 Å². The average molecular weight is 626 g/mol. The smallest absolute Gasteiger partial charge is 0.165 e. The quantitative estimate of drug-likeness (QED) is 0.183. The third kappa shape index (κ3) is 4.49. The van der Waals surface area contributed by atoms with E-state index in [0.29, 0.717) is 17.5 Å². The van der Waals surface area contributed by atoms with Crippen LogP contribution in [0.1, 0.15) is 0 Å². The fourth-order valence-corrected chi connectivity index (χ4v) is 7.21. The van der Waals surface area contributed by atoms with E-state index in [0.717, 1.165) is 55.1 Å². The molecule has 49 heavy (non-hydrogen) atoms. The van der Waals surface area contributed by atoms with E-state index in [1.54, 1.807) is 0 Å². The van der Waals surface area contributed by atoms with Crippen LogP contribution in [-0.2, 0) is 0 Å². The molecule has 228 valence electrons. The molecule has 0 N–H and O–H groups in total. The second-order valence-electron chi connectivity index (χ2n) is 12.4. The van der Waals surface area contributed by atoms with Crippen LogP contribution in [0.25, 0.3) is 99.5 Å². The summed E-state index contributed by atoms with van der Waals surface area (Å²) >= 11 is 0. The van der Waals surface area contributed by atoms with Crippen LogP contribution in [0.15, 0.2) is 168 Å². The summed E-state index contributed by atoms with van der Waals surface area (Å²) < 4.78 is 6.47.